The van der Waals surface area contributed by atoms with Crippen LogP contribution in [0.15, 0.2) is 42.5 Å². The molecule has 0 spiro atoms. The highest BCUT2D eigenvalue weighted by Gasteiger charge is 2.37. The first-order valence-corrected chi connectivity index (χ1v) is 10.8. The summed E-state index contributed by atoms with van der Waals surface area (Å²) in [7, 11) is 0. The average molecular weight is 427 g/mol. The first kappa shape index (κ1) is 22.8. The van der Waals surface area contributed by atoms with Gasteiger partial charge in [-0.25, -0.2) is 4.39 Å². The summed E-state index contributed by atoms with van der Waals surface area (Å²) in [5.41, 5.74) is 2.14. The number of rotatable bonds is 5. The van der Waals surface area contributed by atoms with Crippen molar-refractivity contribution >= 4 is 11.8 Å². The van der Waals surface area contributed by atoms with Gasteiger partial charge in [0.1, 0.15) is 11.6 Å². The number of ether oxygens (including phenoxy) is 1. The highest BCUT2D eigenvalue weighted by Crippen LogP contribution is 2.39. The fourth-order valence-corrected chi connectivity index (χ4v) is 3.93. The summed E-state index contributed by atoms with van der Waals surface area (Å²) in [5.74, 6) is 0.0230. The maximum absolute atomic E-state index is 14.1. The number of fused-ring (bicyclic) bond motifs is 1. The van der Waals surface area contributed by atoms with Gasteiger partial charge in [-0.1, -0.05) is 39.0 Å². The smallest absolute Gasteiger partial charge is 0.260 e. The average Bonchev–Trinajstić information content (AvgIpc) is 2.71. The number of hydrogen-bond donors (Lipinski definition) is 1. The molecule has 3 rings (SSSR count). The maximum atomic E-state index is 14.1. The highest BCUT2D eigenvalue weighted by molar-refractivity contribution is 5.83. The van der Waals surface area contributed by atoms with Gasteiger partial charge in [0.05, 0.1) is 6.04 Å². The number of likely N-dealkylation sites (N-methyl/N-ethyl adjacent to an activating group) is 1. The molecule has 0 aromatic heterocycles. The Morgan fingerprint density at radius 1 is 1.23 bits per heavy atom. The van der Waals surface area contributed by atoms with Gasteiger partial charge < -0.3 is 15.0 Å². The van der Waals surface area contributed by atoms with E-state index in [1.54, 1.807) is 13.0 Å². The summed E-state index contributed by atoms with van der Waals surface area (Å²) in [5, 5.41) is 2.75. The predicted octanol–water partition coefficient (Wildman–Crippen LogP) is 4.25. The zero-order chi connectivity index (χ0) is 22.8. The van der Waals surface area contributed by atoms with Crippen LogP contribution in [0.4, 0.5) is 4.39 Å². The largest absolute Gasteiger partial charge is 0.481 e. The van der Waals surface area contributed by atoms with E-state index in [2.05, 4.69) is 5.32 Å². The number of halogens is 1. The monoisotopic (exact) mass is 426 g/mol. The van der Waals surface area contributed by atoms with Crippen molar-refractivity contribution in [1.29, 1.82) is 0 Å². The zero-order valence-electron chi connectivity index (χ0n) is 18.9. The second kappa shape index (κ2) is 9.08. The van der Waals surface area contributed by atoms with Crippen molar-refractivity contribution in [2.45, 2.75) is 53.2 Å². The summed E-state index contributed by atoms with van der Waals surface area (Å²) in [6, 6.07) is 11.7. The Balaban J connectivity index is 2.03. The molecule has 2 amide bonds. The minimum Gasteiger partial charge on any atom is -0.481 e. The molecule has 1 N–H and O–H groups in total. The summed E-state index contributed by atoms with van der Waals surface area (Å²) in [6.07, 6.45) is 0.0521. The molecule has 31 heavy (non-hydrogen) atoms. The van der Waals surface area contributed by atoms with Crippen molar-refractivity contribution < 1.29 is 18.7 Å². The van der Waals surface area contributed by atoms with E-state index in [9.17, 15) is 14.0 Å². The van der Waals surface area contributed by atoms with E-state index in [1.807, 2.05) is 56.9 Å². The van der Waals surface area contributed by atoms with Crippen LogP contribution >= 0.6 is 0 Å². The van der Waals surface area contributed by atoms with Crippen LogP contribution in [0.25, 0.3) is 0 Å². The lowest BCUT2D eigenvalue weighted by Gasteiger charge is -2.41. The van der Waals surface area contributed by atoms with Crippen LogP contribution in [0.5, 0.6) is 5.75 Å². The third-order valence-electron chi connectivity index (χ3n) is 5.45. The Hall–Kier alpha value is -2.89. The highest BCUT2D eigenvalue weighted by atomic mass is 19.1. The van der Waals surface area contributed by atoms with Gasteiger partial charge in [0.15, 0.2) is 6.10 Å². The molecule has 0 aliphatic carbocycles. The first-order valence-electron chi connectivity index (χ1n) is 10.8. The molecule has 1 aliphatic heterocycles. The molecule has 6 heteroatoms. The van der Waals surface area contributed by atoms with Gasteiger partial charge in [-0.15, -0.1) is 0 Å². The summed E-state index contributed by atoms with van der Waals surface area (Å²) >= 11 is 0. The van der Waals surface area contributed by atoms with Crippen LogP contribution in [0.3, 0.4) is 0 Å². The van der Waals surface area contributed by atoms with Crippen LogP contribution in [-0.4, -0.2) is 35.9 Å². The summed E-state index contributed by atoms with van der Waals surface area (Å²) < 4.78 is 20.0. The molecule has 1 heterocycles. The second-order valence-corrected chi connectivity index (χ2v) is 8.97. The van der Waals surface area contributed by atoms with Crippen molar-refractivity contribution in [3.63, 3.8) is 0 Å². The fourth-order valence-electron chi connectivity index (χ4n) is 3.93. The normalized spacial score (nSPS) is 17.0. The molecule has 1 aliphatic rings. The van der Waals surface area contributed by atoms with E-state index in [4.69, 9.17) is 4.74 Å². The molecular weight excluding hydrogens is 395 g/mol. The number of amides is 2. The molecule has 0 bridgehead atoms. The Morgan fingerprint density at radius 3 is 2.61 bits per heavy atom. The fraction of sp³-hybridized carbons (Fsp3) is 0.440. The van der Waals surface area contributed by atoms with Crippen LogP contribution in [0.1, 0.15) is 57.4 Å². The lowest BCUT2D eigenvalue weighted by Crippen LogP contribution is -2.45. The number of carbonyl (C=O) groups is 2. The Kier molecular flexibility index (Phi) is 6.68. The van der Waals surface area contributed by atoms with Gasteiger partial charge in [0, 0.05) is 18.5 Å². The SMILES string of the molecule is CCNC(=O)C(C)Oc1ccc2c(c1)C(c1cccc(F)c1)N(C(=O)C(C)(C)C)CC2. The third-order valence-corrected chi connectivity index (χ3v) is 5.45. The molecule has 2 aromatic carbocycles. The van der Waals surface area contributed by atoms with Crippen LogP contribution < -0.4 is 10.1 Å². The molecule has 0 saturated carbocycles. The van der Waals surface area contributed by atoms with Gasteiger partial charge in [-0.2, -0.15) is 0 Å². The maximum Gasteiger partial charge on any atom is 0.260 e. The van der Waals surface area contributed by atoms with Gasteiger partial charge in [-0.3, -0.25) is 9.59 Å². The van der Waals surface area contributed by atoms with Crippen LogP contribution in [0, 0.1) is 11.2 Å². The molecule has 166 valence electrons. The van der Waals surface area contributed by atoms with E-state index >= 15 is 0 Å². The molecule has 0 fully saturated rings. The van der Waals surface area contributed by atoms with Crippen LogP contribution in [0.2, 0.25) is 0 Å². The van der Waals surface area contributed by atoms with E-state index in [-0.39, 0.29) is 17.6 Å². The van der Waals surface area contributed by atoms with Crippen molar-refractivity contribution in [1.82, 2.24) is 10.2 Å². The number of nitrogens with one attached hydrogen (secondary N) is 1. The third kappa shape index (κ3) is 5.06. The van der Waals surface area contributed by atoms with Crippen LogP contribution in [-0.2, 0) is 16.0 Å². The zero-order valence-corrected chi connectivity index (χ0v) is 18.9. The van der Waals surface area contributed by atoms with Gasteiger partial charge in [-0.05, 0) is 61.2 Å². The Labute approximate surface area is 183 Å². The first-order chi connectivity index (χ1) is 14.6. The molecule has 0 saturated heterocycles. The Morgan fingerprint density at radius 2 is 1.97 bits per heavy atom. The second-order valence-electron chi connectivity index (χ2n) is 8.97. The number of hydrogen-bond acceptors (Lipinski definition) is 3. The van der Waals surface area contributed by atoms with Gasteiger partial charge in [0.25, 0.3) is 5.91 Å². The van der Waals surface area contributed by atoms with Crippen molar-refractivity contribution in [2.75, 3.05) is 13.1 Å². The lowest BCUT2D eigenvalue weighted by atomic mass is 9.85. The number of carbonyl (C=O) groups excluding carboxylic acids is 2. The molecule has 2 atom stereocenters. The van der Waals surface area contributed by atoms with E-state index in [0.717, 1.165) is 11.1 Å². The topological polar surface area (TPSA) is 58.6 Å². The van der Waals surface area contributed by atoms with E-state index in [1.165, 1.54) is 12.1 Å². The minimum absolute atomic E-state index is 0.00873. The predicted molar refractivity (Wildman–Crippen MR) is 118 cm³/mol. The van der Waals surface area contributed by atoms with Gasteiger partial charge in [0.2, 0.25) is 5.91 Å². The quantitative estimate of drug-likeness (QED) is 0.778. The summed E-state index contributed by atoms with van der Waals surface area (Å²) in [4.78, 5) is 27.2. The molecule has 2 aromatic rings. The standard InChI is InChI=1S/C25H31FN2O3/c1-6-27-23(29)16(2)31-20-11-10-17-12-13-28(24(30)25(3,4)5)22(21(17)15-20)18-8-7-9-19(26)14-18/h7-11,14-16,22H,6,12-13H2,1-5H3,(H,27,29). The molecule has 0 radical (unpaired) electrons. The van der Waals surface area contributed by atoms with Crippen molar-refractivity contribution in [2.24, 2.45) is 5.41 Å². The van der Waals surface area contributed by atoms with E-state index < -0.39 is 17.6 Å². The van der Waals surface area contributed by atoms with E-state index in [0.29, 0.717) is 30.8 Å². The van der Waals surface area contributed by atoms with Crippen molar-refractivity contribution in [3.05, 3.63) is 65.0 Å². The number of nitrogens with zero attached hydrogens (tertiary/aromatic N) is 1. The minimum atomic E-state index is -0.651. The number of benzene rings is 2. The lowest BCUT2D eigenvalue weighted by molar-refractivity contribution is -0.141. The summed E-state index contributed by atoms with van der Waals surface area (Å²) in [6.45, 7) is 10.3. The molecule has 5 nitrogen and oxygen atoms in total. The molecule has 2 unspecified atom stereocenters. The van der Waals surface area contributed by atoms with Gasteiger partial charge >= 0.3 is 0 Å². The Bertz CT molecular complexity index is 967. The molecular formula is C25H31FN2O3. The van der Waals surface area contributed by atoms with Crippen molar-refractivity contribution in [3.8, 4) is 5.75 Å².